The number of rotatable bonds is 8. The van der Waals surface area contributed by atoms with Gasteiger partial charge in [-0.1, -0.05) is 42.5 Å². The second-order valence-electron chi connectivity index (χ2n) is 7.06. The summed E-state index contributed by atoms with van der Waals surface area (Å²) in [6.45, 7) is 0.671. The summed E-state index contributed by atoms with van der Waals surface area (Å²) < 4.78 is 6.36. The Bertz CT molecular complexity index is 1360. The topological polar surface area (TPSA) is 134 Å². The highest BCUT2D eigenvalue weighted by atomic mass is 16.5. The number of carbonyl (C=O) groups is 1. The lowest BCUT2D eigenvalue weighted by molar-refractivity contribution is 0.102. The Morgan fingerprint density at radius 1 is 1.12 bits per heavy atom. The van der Waals surface area contributed by atoms with Crippen molar-refractivity contribution in [3.63, 3.8) is 0 Å². The molecular weight excluding hydrogens is 412 g/mol. The van der Waals surface area contributed by atoms with Crippen LogP contribution < -0.4 is 21.9 Å². The van der Waals surface area contributed by atoms with E-state index in [0.29, 0.717) is 17.6 Å². The molecule has 10 heteroatoms. The van der Waals surface area contributed by atoms with E-state index in [0.717, 1.165) is 10.9 Å². The van der Waals surface area contributed by atoms with Gasteiger partial charge in [-0.15, -0.1) is 0 Å². The van der Waals surface area contributed by atoms with E-state index in [-0.39, 0.29) is 24.7 Å². The van der Waals surface area contributed by atoms with Gasteiger partial charge in [0.25, 0.3) is 11.5 Å². The molecule has 1 amide bonds. The normalized spacial score (nSPS) is 10.9. The van der Waals surface area contributed by atoms with Crippen molar-refractivity contribution in [2.45, 2.75) is 13.1 Å². The molecule has 0 fully saturated rings. The van der Waals surface area contributed by atoms with Gasteiger partial charge >= 0.3 is 5.69 Å². The number of anilines is 2. The number of nitrogens with one attached hydrogen (secondary N) is 4. The zero-order valence-electron chi connectivity index (χ0n) is 17.3. The molecule has 0 atom stereocenters. The molecule has 4 aromatic rings. The number of amides is 1. The number of methoxy groups -OCH3 is 1. The number of hydrogen-bond acceptors (Lipinski definition) is 6. The molecule has 0 aliphatic carbocycles. The van der Waals surface area contributed by atoms with Crippen LogP contribution in [-0.4, -0.2) is 39.4 Å². The quantitative estimate of drug-likeness (QED) is 0.335. The number of aromatic amines is 2. The third kappa shape index (κ3) is 4.30. The zero-order valence-corrected chi connectivity index (χ0v) is 17.3. The van der Waals surface area contributed by atoms with Gasteiger partial charge in [0.05, 0.1) is 30.4 Å². The number of H-pyrrole nitrogens is 2. The van der Waals surface area contributed by atoms with Crippen LogP contribution in [0.4, 0.5) is 11.5 Å². The molecule has 32 heavy (non-hydrogen) atoms. The van der Waals surface area contributed by atoms with Crippen LogP contribution in [0.15, 0.2) is 64.3 Å². The van der Waals surface area contributed by atoms with Crippen LogP contribution in [0, 0.1) is 0 Å². The number of hydrogen-bond donors (Lipinski definition) is 4. The van der Waals surface area contributed by atoms with Crippen LogP contribution in [0.25, 0.3) is 10.9 Å². The van der Waals surface area contributed by atoms with Gasteiger partial charge in [0, 0.05) is 19.0 Å². The highest BCUT2D eigenvalue weighted by molar-refractivity contribution is 6.12. The Kier molecular flexibility index (Phi) is 6.13. The summed E-state index contributed by atoms with van der Waals surface area (Å²) in [6, 6.07) is 14.7. The van der Waals surface area contributed by atoms with Gasteiger partial charge in [-0.05, 0) is 11.6 Å². The van der Waals surface area contributed by atoms with Crippen LogP contribution >= 0.6 is 0 Å². The number of para-hydroxylation sites is 1. The van der Waals surface area contributed by atoms with Gasteiger partial charge in [0.1, 0.15) is 11.5 Å². The van der Waals surface area contributed by atoms with Gasteiger partial charge in [-0.3, -0.25) is 24.2 Å². The predicted octanol–water partition coefficient (Wildman–Crippen LogP) is 1.92. The summed E-state index contributed by atoms with van der Waals surface area (Å²) >= 11 is 0. The number of benzene rings is 2. The van der Waals surface area contributed by atoms with Crippen molar-refractivity contribution >= 4 is 28.3 Å². The van der Waals surface area contributed by atoms with Crippen LogP contribution in [0.3, 0.4) is 0 Å². The molecule has 0 saturated heterocycles. The molecule has 2 aromatic heterocycles. The minimum atomic E-state index is -0.646. The molecule has 2 aromatic carbocycles. The third-order valence-corrected chi connectivity index (χ3v) is 4.98. The first-order chi connectivity index (χ1) is 15.6. The van der Waals surface area contributed by atoms with E-state index < -0.39 is 17.2 Å². The van der Waals surface area contributed by atoms with E-state index in [2.05, 4.69) is 25.8 Å². The highest BCUT2D eigenvalue weighted by Crippen LogP contribution is 2.21. The van der Waals surface area contributed by atoms with E-state index in [1.54, 1.807) is 18.3 Å². The Morgan fingerprint density at radius 2 is 1.94 bits per heavy atom. The molecule has 164 valence electrons. The standard InChI is InChI=1S/C22H22N6O4/c1-32-11-10-28-19(25-20(29)16-9-5-8-15-13-24-27-17(15)16)18(21(30)26-22(28)31)23-12-14-6-3-2-4-7-14/h2-9,13,23H,10-12H2,1H3,(H,24,27)(H,25,29)(H,26,30,31). The summed E-state index contributed by atoms with van der Waals surface area (Å²) in [4.78, 5) is 40.7. The van der Waals surface area contributed by atoms with Crippen LogP contribution in [0.5, 0.6) is 0 Å². The molecule has 0 bridgehead atoms. The van der Waals surface area contributed by atoms with Gasteiger partial charge in [-0.25, -0.2) is 4.79 Å². The SMILES string of the molecule is COCCn1c(NC(=O)c2cccc3cn[nH]c23)c(NCc2ccccc2)c(=O)[nH]c1=O. The average Bonchev–Trinajstić information content (AvgIpc) is 3.28. The highest BCUT2D eigenvalue weighted by Gasteiger charge is 2.20. The van der Waals surface area contributed by atoms with Crippen molar-refractivity contribution < 1.29 is 9.53 Å². The van der Waals surface area contributed by atoms with Crippen molar-refractivity contribution in [2.75, 3.05) is 24.4 Å². The van der Waals surface area contributed by atoms with E-state index in [9.17, 15) is 14.4 Å². The second-order valence-corrected chi connectivity index (χ2v) is 7.06. The minimum absolute atomic E-state index is 0.0632. The molecule has 0 aliphatic heterocycles. The summed E-state index contributed by atoms with van der Waals surface area (Å²) in [6.07, 6.45) is 1.61. The first-order valence-corrected chi connectivity index (χ1v) is 9.96. The van der Waals surface area contributed by atoms with E-state index in [1.807, 2.05) is 36.4 Å². The number of aromatic nitrogens is 4. The number of fused-ring (bicyclic) bond motifs is 1. The fraction of sp³-hybridized carbons (Fsp3) is 0.182. The van der Waals surface area contributed by atoms with Crippen LogP contribution in [-0.2, 0) is 17.8 Å². The zero-order chi connectivity index (χ0) is 22.5. The summed E-state index contributed by atoms with van der Waals surface area (Å²) in [5, 5.41) is 13.3. The summed E-state index contributed by atoms with van der Waals surface area (Å²) in [7, 11) is 1.50. The fourth-order valence-corrected chi connectivity index (χ4v) is 3.38. The van der Waals surface area contributed by atoms with E-state index in [1.165, 1.54) is 11.7 Å². The molecule has 4 N–H and O–H groups in total. The largest absolute Gasteiger partial charge is 0.383 e. The Morgan fingerprint density at radius 3 is 2.72 bits per heavy atom. The Balaban J connectivity index is 1.75. The molecule has 0 spiro atoms. The lowest BCUT2D eigenvalue weighted by atomic mass is 10.1. The molecule has 0 aliphatic rings. The van der Waals surface area contributed by atoms with Gasteiger partial charge in [0.2, 0.25) is 0 Å². The van der Waals surface area contributed by atoms with Crippen LogP contribution in [0.2, 0.25) is 0 Å². The monoisotopic (exact) mass is 434 g/mol. The van der Waals surface area contributed by atoms with Gasteiger partial charge in [-0.2, -0.15) is 5.10 Å². The minimum Gasteiger partial charge on any atom is -0.383 e. The molecule has 0 saturated carbocycles. The first-order valence-electron chi connectivity index (χ1n) is 9.96. The van der Waals surface area contributed by atoms with Gasteiger partial charge in [0.15, 0.2) is 0 Å². The number of nitrogens with zero attached hydrogens (tertiary/aromatic N) is 2. The maximum atomic E-state index is 13.2. The van der Waals surface area contributed by atoms with Crippen molar-refractivity contribution in [3.05, 3.63) is 86.7 Å². The van der Waals surface area contributed by atoms with E-state index >= 15 is 0 Å². The second kappa shape index (κ2) is 9.31. The van der Waals surface area contributed by atoms with Gasteiger partial charge < -0.3 is 15.4 Å². The number of ether oxygens (including phenoxy) is 1. The lowest BCUT2D eigenvalue weighted by Gasteiger charge is -2.18. The van der Waals surface area contributed by atoms with Crippen molar-refractivity contribution in [1.82, 2.24) is 19.7 Å². The first kappa shape index (κ1) is 21.1. The average molecular weight is 434 g/mol. The molecule has 0 radical (unpaired) electrons. The van der Waals surface area contributed by atoms with Crippen molar-refractivity contribution in [1.29, 1.82) is 0 Å². The molecule has 4 rings (SSSR count). The molecule has 10 nitrogen and oxygen atoms in total. The van der Waals surface area contributed by atoms with Crippen molar-refractivity contribution in [3.8, 4) is 0 Å². The lowest BCUT2D eigenvalue weighted by Crippen LogP contribution is -2.36. The summed E-state index contributed by atoms with van der Waals surface area (Å²) in [5.74, 6) is -0.424. The Labute approximate surface area is 182 Å². The number of carbonyl (C=O) groups excluding carboxylic acids is 1. The smallest absolute Gasteiger partial charge is 0.330 e. The fourth-order valence-electron chi connectivity index (χ4n) is 3.38. The van der Waals surface area contributed by atoms with Crippen LogP contribution in [0.1, 0.15) is 15.9 Å². The predicted molar refractivity (Wildman–Crippen MR) is 121 cm³/mol. The molecule has 0 unspecified atom stereocenters. The summed E-state index contributed by atoms with van der Waals surface area (Å²) in [5.41, 5.74) is 0.622. The maximum Gasteiger partial charge on any atom is 0.330 e. The van der Waals surface area contributed by atoms with Crippen molar-refractivity contribution in [2.24, 2.45) is 0 Å². The maximum absolute atomic E-state index is 13.2. The Hall–Kier alpha value is -4.18. The molecule has 2 heterocycles. The third-order valence-electron chi connectivity index (χ3n) is 4.98. The van der Waals surface area contributed by atoms with E-state index in [4.69, 9.17) is 4.74 Å². The molecular formula is C22H22N6O4.